The number of guanidine groups is 1. The number of nitrogens with zero attached hydrogens (tertiary/aromatic N) is 2. The van der Waals surface area contributed by atoms with Crippen molar-refractivity contribution in [1.82, 2.24) is 15.5 Å². The van der Waals surface area contributed by atoms with Crippen LogP contribution in [0.3, 0.4) is 0 Å². The SMILES string of the molecule is CCCC(CCO)CN=C(NCC)NCC1CCN(CCc2ccccc2)C1. The van der Waals surface area contributed by atoms with Gasteiger partial charge in [-0.3, -0.25) is 4.99 Å². The van der Waals surface area contributed by atoms with E-state index < -0.39 is 0 Å². The zero-order chi connectivity index (χ0) is 20.0. The Hall–Kier alpha value is -1.59. The fraction of sp³-hybridized carbons (Fsp3) is 0.696. The number of rotatable bonds is 12. The Morgan fingerprint density at radius 2 is 2.04 bits per heavy atom. The molecule has 0 aliphatic carbocycles. The molecule has 1 aliphatic rings. The first-order valence-electron chi connectivity index (χ1n) is 11.1. The lowest BCUT2D eigenvalue weighted by molar-refractivity contribution is 0.253. The van der Waals surface area contributed by atoms with Crippen LogP contribution in [0.25, 0.3) is 0 Å². The first kappa shape index (κ1) is 22.7. The molecule has 158 valence electrons. The van der Waals surface area contributed by atoms with Gasteiger partial charge in [0.15, 0.2) is 5.96 Å². The second-order valence-corrected chi connectivity index (χ2v) is 7.96. The molecule has 1 aromatic rings. The Balaban J connectivity index is 1.73. The third kappa shape index (κ3) is 8.61. The van der Waals surface area contributed by atoms with Crippen molar-refractivity contribution >= 4 is 5.96 Å². The summed E-state index contributed by atoms with van der Waals surface area (Å²) in [6, 6.07) is 10.8. The molecule has 2 atom stereocenters. The molecule has 3 N–H and O–H groups in total. The molecule has 0 bridgehead atoms. The summed E-state index contributed by atoms with van der Waals surface area (Å²) < 4.78 is 0. The first-order chi connectivity index (χ1) is 13.7. The molecule has 0 spiro atoms. The van der Waals surface area contributed by atoms with Gasteiger partial charge in [0.1, 0.15) is 0 Å². The maximum absolute atomic E-state index is 9.24. The number of aliphatic hydroxyl groups is 1. The van der Waals surface area contributed by atoms with E-state index in [4.69, 9.17) is 4.99 Å². The summed E-state index contributed by atoms with van der Waals surface area (Å²) in [5.74, 6) is 2.08. The molecule has 1 aromatic carbocycles. The Labute approximate surface area is 171 Å². The van der Waals surface area contributed by atoms with E-state index in [1.54, 1.807) is 0 Å². The molecule has 1 heterocycles. The first-order valence-corrected chi connectivity index (χ1v) is 11.1. The van der Waals surface area contributed by atoms with Gasteiger partial charge in [-0.2, -0.15) is 0 Å². The molecule has 5 nitrogen and oxygen atoms in total. The van der Waals surface area contributed by atoms with E-state index in [1.165, 1.54) is 25.1 Å². The molecule has 5 heteroatoms. The topological polar surface area (TPSA) is 59.9 Å². The fourth-order valence-electron chi connectivity index (χ4n) is 3.94. The molecule has 0 aromatic heterocycles. The van der Waals surface area contributed by atoms with Gasteiger partial charge in [-0.25, -0.2) is 0 Å². The Bertz CT molecular complexity index is 543. The Morgan fingerprint density at radius 1 is 1.21 bits per heavy atom. The lowest BCUT2D eigenvalue weighted by atomic mass is 10.0. The van der Waals surface area contributed by atoms with Crippen LogP contribution < -0.4 is 10.6 Å². The molecule has 1 aliphatic heterocycles. The predicted octanol–water partition coefficient (Wildman–Crippen LogP) is 2.90. The summed E-state index contributed by atoms with van der Waals surface area (Å²) in [4.78, 5) is 7.36. The smallest absolute Gasteiger partial charge is 0.191 e. The summed E-state index contributed by atoms with van der Waals surface area (Å²) >= 11 is 0. The number of aliphatic hydroxyl groups excluding tert-OH is 1. The number of benzene rings is 1. The Kier molecular flexibility index (Phi) is 11.0. The van der Waals surface area contributed by atoms with E-state index in [0.29, 0.717) is 11.8 Å². The number of likely N-dealkylation sites (tertiary alicyclic amines) is 1. The van der Waals surface area contributed by atoms with Crippen LogP contribution in [0.5, 0.6) is 0 Å². The molecular weight excluding hydrogens is 348 g/mol. The van der Waals surface area contributed by atoms with Crippen LogP contribution >= 0.6 is 0 Å². The van der Waals surface area contributed by atoms with Crippen LogP contribution in [0.4, 0.5) is 0 Å². The van der Waals surface area contributed by atoms with Crippen molar-refractivity contribution < 1.29 is 5.11 Å². The lowest BCUT2D eigenvalue weighted by Crippen LogP contribution is -2.40. The zero-order valence-corrected chi connectivity index (χ0v) is 17.9. The largest absolute Gasteiger partial charge is 0.396 e. The third-order valence-corrected chi connectivity index (χ3v) is 5.57. The number of hydrogen-bond donors (Lipinski definition) is 3. The molecule has 2 rings (SSSR count). The second kappa shape index (κ2) is 13.6. The molecular formula is C23H40N4O. The van der Waals surface area contributed by atoms with Crippen LogP contribution in [0.15, 0.2) is 35.3 Å². The third-order valence-electron chi connectivity index (χ3n) is 5.57. The van der Waals surface area contributed by atoms with Crippen molar-refractivity contribution in [3.63, 3.8) is 0 Å². The zero-order valence-electron chi connectivity index (χ0n) is 17.9. The van der Waals surface area contributed by atoms with Gasteiger partial charge in [0.2, 0.25) is 0 Å². The summed E-state index contributed by atoms with van der Waals surface area (Å²) in [5.41, 5.74) is 1.43. The highest BCUT2D eigenvalue weighted by Gasteiger charge is 2.22. The molecule has 1 fully saturated rings. The predicted molar refractivity (Wildman–Crippen MR) is 119 cm³/mol. The minimum Gasteiger partial charge on any atom is -0.396 e. The van der Waals surface area contributed by atoms with Gasteiger partial charge in [0.25, 0.3) is 0 Å². The molecule has 0 saturated carbocycles. The van der Waals surface area contributed by atoms with E-state index in [9.17, 15) is 5.11 Å². The van der Waals surface area contributed by atoms with E-state index in [2.05, 4.69) is 59.7 Å². The number of aliphatic imine (C=N–C) groups is 1. The van der Waals surface area contributed by atoms with Gasteiger partial charge in [0.05, 0.1) is 0 Å². The summed E-state index contributed by atoms with van der Waals surface area (Å²) in [7, 11) is 0. The average molecular weight is 389 g/mol. The highest BCUT2D eigenvalue weighted by atomic mass is 16.3. The van der Waals surface area contributed by atoms with Gasteiger partial charge < -0.3 is 20.6 Å². The molecule has 0 radical (unpaired) electrons. The molecule has 1 saturated heterocycles. The van der Waals surface area contributed by atoms with Crippen molar-refractivity contribution in [3.05, 3.63) is 35.9 Å². The van der Waals surface area contributed by atoms with Crippen LogP contribution in [0.1, 0.15) is 45.1 Å². The van der Waals surface area contributed by atoms with Crippen molar-refractivity contribution in [2.24, 2.45) is 16.8 Å². The van der Waals surface area contributed by atoms with Crippen molar-refractivity contribution in [1.29, 1.82) is 0 Å². The minimum absolute atomic E-state index is 0.255. The van der Waals surface area contributed by atoms with E-state index >= 15 is 0 Å². The van der Waals surface area contributed by atoms with Crippen molar-refractivity contribution in [2.75, 3.05) is 45.9 Å². The highest BCUT2D eigenvalue weighted by Crippen LogP contribution is 2.16. The van der Waals surface area contributed by atoms with E-state index in [-0.39, 0.29) is 6.61 Å². The van der Waals surface area contributed by atoms with Crippen molar-refractivity contribution in [2.45, 2.75) is 46.0 Å². The molecule has 0 amide bonds. The summed E-state index contributed by atoms with van der Waals surface area (Å²) in [5, 5.41) is 16.1. The van der Waals surface area contributed by atoms with Crippen LogP contribution in [-0.4, -0.2) is 61.8 Å². The maximum Gasteiger partial charge on any atom is 0.191 e. The monoisotopic (exact) mass is 388 g/mol. The average Bonchev–Trinajstić information content (AvgIpc) is 3.17. The highest BCUT2D eigenvalue weighted by molar-refractivity contribution is 5.79. The number of nitrogens with one attached hydrogen (secondary N) is 2. The van der Waals surface area contributed by atoms with Crippen LogP contribution in [-0.2, 0) is 6.42 Å². The Morgan fingerprint density at radius 3 is 2.75 bits per heavy atom. The van der Waals surface area contributed by atoms with E-state index in [1.807, 2.05) is 0 Å². The molecule has 2 unspecified atom stereocenters. The number of hydrogen-bond acceptors (Lipinski definition) is 3. The van der Waals surface area contributed by atoms with Gasteiger partial charge in [-0.15, -0.1) is 0 Å². The van der Waals surface area contributed by atoms with Gasteiger partial charge in [0, 0.05) is 39.3 Å². The normalized spacial score (nSPS) is 19.0. The molecule has 28 heavy (non-hydrogen) atoms. The summed E-state index contributed by atoms with van der Waals surface area (Å²) in [6.07, 6.45) is 5.50. The van der Waals surface area contributed by atoms with Gasteiger partial charge in [-0.05, 0) is 56.6 Å². The second-order valence-electron chi connectivity index (χ2n) is 7.96. The van der Waals surface area contributed by atoms with Gasteiger partial charge >= 0.3 is 0 Å². The quantitative estimate of drug-likeness (QED) is 0.381. The minimum atomic E-state index is 0.255. The van der Waals surface area contributed by atoms with Gasteiger partial charge in [-0.1, -0.05) is 43.7 Å². The standard InChI is InChI=1S/C23H40N4O/c1-3-8-21(13-16-28)17-25-23(24-4-2)26-18-22-12-15-27(19-22)14-11-20-9-6-5-7-10-20/h5-7,9-10,21-22,28H,3-4,8,11-19H2,1-2H3,(H2,24,25,26). The van der Waals surface area contributed by atoms with Crippen LogP contribution in [0.2, 0.25) is 0 Å². The lowest BCUT2D eigenvalue weighted by Gasteiger charge is -2.18. The van der Waals surface area contributed by atoms with Crippen molar-refractivity contribution in [3.8, 4) is 0 Å². The fourth-order valence-corrected chi connectivity index (χ4v) is 3.94. The summed E-state index contributed by atoms with van der Waals surface area (Å²) in [6.45, 7) is 10.7. The van der Waals surface area contributed by atoms with Crippen LogP contribution in [0, 0.1) is 11.8 Å². The maximum atomic E-state index is 9.24. The van der Waals surface area contributed by atoms with E-state index in [0.717, 1.165) is 57.8 Å².